The summed E-state index contributed by atoms with van der Waals surface area (Å²) >= 11 is 0. The van der Waals surface area contributed by atoms with E-state index in [1.165, 1.54) is 44.3 Å². The van der Waals surface area contributed by atoms with E-state index in [0.717, 1.165) is 37.3 Å². The Morgan fingerprint density at radius 2 is 1.38 bits per heavy atom. The number of carbonyl (C=O) groups is 1. The lowest BCUT2D eigenvalue weighted by Crippen LogP contribution is -2.46. The van der Waals surface area contributed by atoms with Gasteiger partial charge in [-0.15, -0.1) is 0 Å². The summed E-state index contributed by atoms with van der Waals surface area (Å²) < 4.78 is 0. The van der Waals surface area contributed by atoms with Crippen molar-refractivity contribution >= 4 is 17.3 Å². The summed E-state index contributed by atoms with van der Waals surface area (Å²) in [6.07, 6.45) is 6.88. The molecule has 32 heavy (non-hydrogen) atoms. The van der Waals surface area contributed by atoms with E-state index in [1.54, 1.807) is 0 Å². The van der Waals surface area contributed by atoms with Gasteiger partial charge in [0, 0.05) is 18.8 Å². The maximum Gasteiger partial charge on any atom is 0.242 e. The summed E-state index contributed by atoms with van der Waals surface area (Å²) in [7, 11) is 4.46. The van der Waals surface area contributed by atoms with Gasteiger partial charge in [0.15, 0.2) is 0 Å². The summed E-state index contributed by atoms with van der Waals surface area (Å²) in [5, 5.41) is 0. The third-order valence-electron chi connectivity index (χ3n) is 8.01. The number of amides is 1. The number of carbonyl (C=O) groups excluding carboxylic acids is 1. The van der Waals surface area contributed by atoms with Crippen molar-refractivity contribution in [3.8, 4) is 0 Å². The quantitative estimate of drug-likeness (QED) is 0.662. The normalized spacial score (nSPS) is 29.3. The fraction of sp³-hybridized carbons (Fsp3) is 0.536. The van der Waals surface area contributed by atoms with E-state index in [9.17, 15) is 4.79 Å². The van der Waals surface area contributed by atoms with E-state index >= 15 is 0 Å². The molecule has 2 fully saturated rings. The second kappa shape index (κ2) is 8.99. The number of nitrogens with zero attached hydrogens (tertiary/aromatic N) is 3. The number of hydrogen-bond donors (Lipinski definition) is 0. The zero-order chi connectivity index (χ0) is 22.1. The molecular weight excluding hydrogens is 394 g/mol. The molecule has 0 aromatic heterocycles. The first kappa shape index (κ1) is 21.7. The molecule has 170 valence electrons. The van der Waals surface area contributed by atoms with Gasteiger partial charge in [0.2, 0.25) is 5.91 Å². The van der Waals surface area contributed by atoms with Crippen LogP contribution in [0.15, 0.2) is 54.6 Å². The van der Waals surface area contributed by atoms with Gasteiger partial charge in [-0.3, -0.25) is 9.69 Å². The molecule has 0 bridgehead atoms. The Labute approximate surface area is 193 Å². The Bertz CT molecular complexity index is 919. The first-order chi connectivity index (χ1) is 15.6. The molecular formula is C28H37N3O. The number of likely N-dealkylation sites (tertiary alicyclic amines) is 2. The van der Waals surface area contributed by atoms with Crippen molar-refractivity contribution in [3.05, 3.63) is 60.2 Å². The smallest absolute Gasteiger partial charge is 0.242 e. The number of rotatable bonds is 5. The van der Waals surface area contributed by atoms with Crippen molar-refractivity contribution in [1.82, 2.24) is 9.80 Å². The Kier molecular flexibility index (Phi) is 6.09. The lowest BCUT2D eigenvalue weighted by Gasteiger charge is -2.40. The molecule has 5 rings (SSSR count). The maximum atomic E-state index is 14.5. The van der Waals surface area contributed by atoms with Crippen LogP contribution in [0.4, 0.5) is 11.4 Å². The number of fused-ring (bicyclic) bond motifs is 1. The molecule has 0 radical (unpaired) electrons. The molecule has 0 aliphatic carbocycles. The minimum Gasteiger partial charge on any atom is -0.306 e. The van der Waals surface area contributed by atoms with Crippen LogP contribution in [0.25, 0.3) is 0 Å². The molecule has 2 aromatic carbocycles. The zero-order valence-electron chi connectivity index (χ0n) is 19.7. The highest BCUT2D eigenvalue weighted by Gasteiger charge is 2.53. The number of piperidine rings is 2. The predicted molar refractivity (Wildman–Crippen MR) is 131 cm³/mol. The number of benzene rings is 2. The fourth-order valence-electron chi connectivity index (χ4n) is 6.69. The van der Waals surface area contributed by atoms with E-state index in [1.807, 2.05) is 23.1 Å². The van der Waals surface area contributed by atoms with E-state index in [4.69, 9.17) is 0 Å². The minimum absolute atomic E-state index is 0.298. The highest BCUT2D eigenvalue weighted by atomic mass is 16.2. The molecule has 0 saturated carbocycles. The average Bonchev–Trinajstić information content (AvgIpc) is 3.02. The van der Waals surface area contributed by atoms with Gasteiger partial charge in [0.1, 0.15) is 0 Å². The third-order valence-corrected chi connectivity index (χ3v) is 8.01. The Hall–Kier alpha value is -2.17. The largest absolute Gasteiger partial charge is 0.306 e. The van der Waals surface area contributed by atoms with Gasteiger partial charge in [-0.1, -0.05) is 36.4 Å². The van der Waals surface area contributed by atoms with Crippen LogP contribution in [0.3, 0.4) is 0 Å². The first-order valence-electron chi connectivity index (χ1n) is 12.4. The molecule has 2 aromatic rings. The van der Waals surface area contributed by atoms with Gasteiger partial charge in [0.25, 0.3) is 0 Å². The summed E-state index contributed by atoms with van der Waals surface area (Å²) in [5.41, 5.74) is 2.93. The highest BCUT2D eigenvalue weighted by molar-refractivity contribution is 6.13. The van der Waals surface area contributed by atoms with Crippen LogP contribution in [0.1, 0.15) is 44.1 Å². The standard InChI is InChI=1S/C28H37N3O/c1-29-16-8-10-22(20-29)18-28(19-23-11-9-17-30(2)21-23)25-14-6-7-15-26(25)31(27(28)32)24-12-4-3-5-13-24/h3-7,12-15,22-23H,8-11,16-21H2,1-2H3. The molecule has 0 N–H and O–H groups in total. The Morgan fingerprint density at radius 3 is 1.97 bits per heavy atom. The molecule has 4 heteroatoms. The summed E-state index contributed by atoms with van der Waals surface area (Å²) in [5.74, 6) is 1.44. The van der Waals surface area contributed by atoms with E-state index in [2.05, 4.69) is 60.3 Å². The monoisotopic (exact) mass is 431 g/mol. The number of anilines is 2. The van der Waals surface area contributed by atoms with Crippen molar-refractivity contribution in [2.75, 3.05) is 45.2 Å². The maximum absolute atomic E-state index is 14.5. The minimum atomic E-state index is -0.419. The van der Waals surface area contributed by atoms with Crippen LogP contribution in [0, 0.1) is 11.8 Å². The molecule has 0 spiro atoms. The molecule has 2 saturated heterocycles. The van der Waals surface area contributed by atoms with Crippen molar-refractivity contribution in [1.29, 1.82) is 0 Å². The Morgan fingerprint density at radius 1 is 0.812 bits per heavy atom. The molecule has 2 unspecified atom stereocenters. The van der Waals surface area contributed by atoms with Crippen LogP contribution >= 0.6 is 0 Å². The van der Waals surface area contributed by atoms with Crippen LogP contribution in [-0.2, 0) is 10.2 Å². The molecule has 4 nitrogen and oxygen atoms in total. The van der Waals surface area contributed by atoms with Crippen LogP contribution in [0.5, 0.6) is 0 Å². The highest BCUT2D eigenvalue weighted by Crippen LogP contribution is 2.52. The SMILES string of the molecule is CN1CCCC(CC2(CC3CCCN(C)C3)C(=O)N(c3ccccc3)c3ccccc32)C1. The van der Waals surface area contributed by atoms with E-state index in [0.29, 0.717) is 17.7 Å². The van der Waals surface area contributed by atoms with Crippen LogP contribution in [0.2, 0.25) is 0 Å². The van der Waals surface area contributed by atoms with Crippen molar-refractivity contribution in [2.45, 2.75) is 43.9 Å². The predicted octanol–water partition coefficient (Wildman–Crippen LogP) is 5.07. The van der Waals surface area contributed by atoms with Gasteiger partial charge in [-0.25, -0.2) is 0 Å². The van der Waals surface area contributed by atoms with Crippen molar-refractivity contribution < 1.29 is 4.79 Å². The zero-order valence-corrected chi connectivity index (χ0v) is 19.7. The summed E-state index contributed by atoms with van der Waals surface area (Å²) in [6.45, 7) is 4.56. The molecule has 1 amide bonds. The van der Waals surface area contributed by atoms with E-state index in [-0.39, 0.29) is 0 Å². The van der Waals surface area contributed by atoms with Crippen molar-refractivity contribution in [2.24, 2.45) is 11.8 Å². The topological polar surface area (TPSA) is 26.8 Å². The van der Waals surface area contributed by atoms with Crippen LogP contribution < -0.4 is 4.90 Å². The molecule has 3 heterocycles. The average molecular weight is 432 g/mol. The van der Waals surface area contributed by atoms with Gasteiger partial charge < -0.3 is 9.80 Å². The number of hydrogen-bond acceptors (Lipinski definition) is 3. The summed E-state index contributed by atoms with van der Waals surface area (Å²) in [6, 6.07) is 18.9. The Balaban J connectivity index is 1.57. The van der Waals surface area contributed by atoms with Gasteiger partial charge in [-0.05, 0) is 101 Å². The second-order valence-corrected chi connectivity index (χ2v) is 10.5. The van der Waals surface area contributed by atoms with Gasteiger partial charge >= 0.3 is 0 Å². The lowest BCUT2D eigenvalue weighted by atomic mass is 9.67. The van der Waals surface area contributed by atoms with Gasteiger partial charge in [0.05, 0.1) is 11.1 Å². The molecule has 2 atom stereocenters. The first-order valence-corrected chi connectivity index (χ1v) is 12.4. The van der Waals surface area contributed by atoms with Gasteiger partial charge in [-0.2, -0.15) is 0 Å². The summed E-state index contributed by atoms with van der Waals surface area (Å²) in [4.78, 5) is 21.4. The second-order valence-electron chi connectivity index (χ2n) is 10.5. The molecule has 3 aliphatic heterocycles. The fourth-order valence-corrected chi connectivity index (χ4v) is 6.69. The van der Waals surface area contributed by atoms with Crippen LogP contribution in [-0.4, -0.2) is 56.0 Å². The number of para-hydroxylation sites is 2. The van der Waals surface area contributed by atoms with Crippen molar-refractivity contribution in [3.63, 3.8) is 0 Å². The van der Waals surface area contributed by atoms with E-state index < -0.39 is 5.41 Å². The molecule has 3 aliphatic rings. The lowest BCUT2D eigenvalue weighted by molar-refractivity contribution is -0.124. The third kappa shape index (κ3) is 3.99.